The van der Waals surface area contributed by atoms with Gasteiger partial charge in [0.05, 0.1) is 17.3 Å². The maximum Gasteiger partial charge on any atom is 0.328 e. The van der Waals surface area contributed by atoms with E-state index in [1.807, 2.05) is 30.3 Å². The molecule has 0 spiro atoms. The maximum absolute atomic E-state index is 13.2. The molecule has 0 aromatic heterocycles. The molecule has 1 unspecified atom stereocenters. The Kier molecular flexibility index (Phi) is 8.41. The molecule has 0 bridgehead atoms. The van der Waals surface area contributed by atoms with Crippen LogP contribution in [-0.4, -0.2) is 65.0 Å². The molecule has 0 aliphatic carbocycles. The number of sulfonamides is 1. The van der Waals surface area contributed by atoms with Crippen LogP contribution in [0.15, 0.2) is 65.6 Å². The summed E-state index contributed by atoms with van der Waals surface area (Å²) in [5.74, 6) is -2.07. The molecule has 188 valence electrons. The van der Waals surface area contributed by atoms with Gasteiger partial charge in [0.15, 0.2) is 0 Å². The molecule has 0 saturated carbocycles. The Morgan fingerprint density at radius 1 is 1.06 bits per heavy atom. The van der Waals surface area contributed by atoms with Crippen molar-refractivity contribution in [3.63, 3.8) is 0 Å². The zero-order valence-corrected chi connectivity index (χ0v) is 20.9. The molecule has 1 aliphatic rings. The second kappa shape index (κ2) is 11.1. The monoisotopic (exact) mass is 520 g/mol. The van der Waals surface area contributed by atoms with Gasteiger partial charge in [-0.05, 0) is 31.5 Å². The van der Waals surface area contributed by atoms with Crippen molar-refractivity contribution < 1.29 is 27.9 Å². The molecule has 3 rings (SSSR count). The normalized spacial score (nSPS) is 18.4. The highest BCUT2D eigenvalue weighted by atomic mass is 32.2. The summed E-state index contributed by atoms with van der Waals surface area (Å²) in [5, 5.41) is 17.0. The van der Waals surface area contributed by atoms with Crippen LogP contribution in [0.1, 0.15) is 19.4 Å². The van der Waals surface area contributed by atoms with Crippen LogP contribution in [0.25, 0.3) is 0 Å². The molecule has 12 heteroatoms. The Morgan fingerprint density at radius 2 is 1.66 bits per heavy atom. The lowest BCUT2D eigenvalue weighted by atomic mass is 10.0. The lowest BCUT2D eigenvalue weighted by Gasteiger charge is -2.30. The van der Waals surface area contributed by atoms with Crippen LogP contribution in [0, 0.1) is 0 Å². The summed E-state index contributed by atoms with van der Waals surface area (Å²) in [6.07, 6.45) is 0. The number of carbonyl (C=O) groups excluding carboxylic acids is 2. The Hall–Kier alpha value is -3.09. The third kappa shape index (κ3) is 6.53. The number of thioether (sulfide) groups is 1. The fourth-order valence-corrected chi connectivity index (χ4v) is 6.79. The van der Waals surface area contributed by atoms with Crippen LogP contribution in [0.3, 0.4) is 0 Å². The lowest BCUT2D eigenvalue weighted by molar-refractivity contribution is -0.142. The fraction of sp³-hybridized carbons (Fsp3) is 0.348. The summed E-state index contributed by atoms with van der Waals surface area (Å²) < 4.78 is 26.7. The van der Waals surface area contributed by atoms with Crippen LogP contribution < -0.4 is 16.0 Å². The average molecular weight is 521 g/mol. The Labute approximate surface area is 208 Å². The standard InChI is InChI=1S/C23H28N4O6S2/c1-23(2)19(27(15-34-23)35(32,33)17-11-7-4-8-12-17)20(28)26-18(21(29)30)14-25-22(31)24-13-16-9-5-3-6-10-16/h3-12,18-19H,13-15H2,1-2H3,(H,26,28)(H,29,30)(H2,24,25,31)/t18-,19?/m0/s1. The van der Waals surface area contributed by atoms with Crippen molar-refractivity contribution >= 4 is 39.7 Å². The van der Waals surface area contributed by atoms with Crippen molar-refractivity contribution in [2.75, 3.05) is 12.4 Å². The van der Waals surface area contributed by atoms with Crippen LogP contribution in [0.2, 0.25) is 0 Å². The number of nitrogens with one attached hydrogen (secondary N) is 3. The van der Waals surface area contributed by atoms with Gasteiger partial charge in [-0.3, -0.25) is 4.79 Å². The molecule has 2 atom stereocenters. The van der Waals surface area contributed by atoms with Gasteiger partial charge in [0.25, 0.3) is 0 Å². The Balaban J connectivity index is 1.67. The molecule has 2 aromatic carbocycles. The number of benzene rings is 2. The summed E-state index contributed by atoms with van der Waals surface area (Å²) in [6, 6.07) is 13.7. The van der Waals surface area contributed by atoms with Crippen molar-refractivity contribution in [1.82, 2.24) is 20.3 Å². The smallest absolute Gasteiger partial charge is 0.328 e. The minimum absolute atomic E-state index is 0.0419. The molecule has 0 radical (unpaired) electrons. The van der Waals surface area contributed by atoms with Gasteiger partial charge < -0.3 is 21.1 Å². The Bertz CT molecular complexity index is 1160. The number of rotatable bonds is 9. The number of amides is 3. The topological polar surface area (TPSA) is 145 Å². The zero-order chi connectivity index (χ0) is 25.6. The van der Waals surface area contributed by atoms with E-state index in [0.29, 0.717) is 0 Å². The summed E-state index contributed by atoms with van der Waals surface area (Å²) in [7, 11) is -3.99. The van der Waals surface area contributed by atoms with Crippen LogP contribution in [0.5, 0.6) is 0 Å². The fourth-order valence-electron chi connectivity index (χ4n) is 3.60. The highest BCUT2D eigenvalue weighted by Crippen LogP contribution is 2.42. The second-order valence-electron chi connectivity index (χ2n) is 8.43. The largest absolute Gasteiger partial charge is 0.480 e. The molecule has 2 aromatic rings. The van der Waals surface area contributed by atoms with E-state index in [-0.39, 0.29) is 23.9 Å². The van der Waals surface area contributed by atoms with E-state index in [0.717, 1.165) is 9.87 Å². The number of hydrogen-bond donors (Lipinski definition) is 4. The van der Waals surface area contributed by atoms with Gasteiger partial charge in [0, 0.05) is 11.3 Å². The lowest BCUT2D eigenvalue weighted by Crippen LogP contribution is -2.58. The van der Waals surface area contributed by atoms with E-state index in [2.05, 4.69) is 16.0 Å². The molecular weight excluding hydrogens is 492 g/mol. The summed E-state index contributed by atoms with van der Waals surface area (Å²) >= 11 is 1.28. The molecule has 4 N–H and O–H groups in total. The third-order valence-electron chi connectivity index (χ3n) is 5.49. The molecule has 1 saturated heterocycles. The third-order valence-corrected chi connectivity index (χ3v) is 8.85. The van der Waals surface area contributed by atoms with Crippen molar-refractivity contribution in [1.29, 1.82) is 0 Å². The van der Waals surface area contributed by atoms with Crippen LogP contribution >= 0.6 is 11.8 Å². The van der Waals surface area contributed by atoms with E-state index in [1.54, 1.807) is 32.0 Å². The molecular formula is C23H28N4O6S2. The van der Waals surface area contributed by atoms with Gasteiger partial charge in [-0.15, -0.1) is 11.8 Å². The van der Waals surface area contributed by atoms with E-state index in [4.69, 9.17) is 0 Å². The molecule has 1 aliphatic heterocycles. The van der Waals surface area contributed by atoms with E-state index < -0.39 is 44.8 Å². The first-order valence-electron chi connectivity index (χ1n) is 10.8. The number of hydrogen-bond acceptors (Lipinski definition) is 6. The predicted octanol–water partition coefficient (Wildman–Crippen LogP) is 1.60. The average Bonchev–Trinajstić information content (AvgIpc) is 3.17. The van der Waals surface area contributed by atoms with Crippen LogP contribution in [-0.2, 0) is 26.2 Å². The predicted molar refractivity (Wildman–Crippen MR) is 132 cm³/mol. The number of carboxylic acid groups (broad SMARTS) is 1. The number of carbonyl (C=O) groups is 3. The number of nitrogens with zero attached hydrogens (tertiary/aromatic N) is 1. The molecule has 1 fully saturated rings. The van der Waals surface area contributed by atoms with E-state index in [9.17, 15) is 27.9 Å². The molecule has 3 amide bonds. The quantitative estimate of drug-likeness (QED) is 0.393. The minimum atomic E-state index is -3.99. The maximum atomic E-state index is 13.2. The van der Waals surface area contributed by atoms with Crippen molar-refractivity contribution in [2.24, 2.45) is 0 Å². The van der Waals surface area contributed by atoms with Crippen molar-refractivity contribution in [2.45, 2.75) is 42.1 Å². The molecule has 35 heavy (non-hydrogen) atoms. The SMILES string of the molecule is CC1(C)SCN(S(=O)(=O)c2ccccc2)C1C(=O)N[C@@H](CNC(=O)NCc1ccccc1)C(=O)O. The first-order chi connectivity index (χ1) is 16.5. The second-order valence-corrected chi connectivity index (χ2v) is 11.9. The Morgan fingerprint density at radius 3 is 2.26 bits per heavy atom. The number of urea groups is 1. The van der Waals surface area contributed by atoms with E-state index in [1.165, 1.54) is 23.9 Å². The van der Waals surface area contributed by atoms with Gasteiger partial charge in [-0.1, -0.05) is 48.5 Å². The van der Waals surface area contributed by atoms with Gasteiger partial charge >= 0.3 is 12.0 Å². The number of carboxylic acids is 1. The zero-order valence-electron chi connectivity index (χ0n) is 19.3. The number of aliphatic carboxylic acids is 1. The summed E-state index contributed by atoms with van der Waals surface area (Å²) in [6.45, 7) is 3.32. The van der Waals surface area contributed by atoms with E-state index >= 15 is 0 Å². The summed E-state index contributed by atoms with van der Waals surface area (Å²) in [4.78, 5) is 37.1. The van der Waals surface area contributed by atoms with Gasteiger partial charge in [0.1, 0.15) is 12.1 Å². The van der Waals surface area contributed by atoms with Gasteiger partial charge in [-0.2, -0.15) is 4.31 Å². The van der Waals surface area contributed by atoms with Gasteiger partial charge in [-0.25, -0.2) is 18.0 Å². The highest BCUT2D eigenvalue weighted by Gasteiger charge is 2.51. The minimum Gasteiger partial charge on any atom is -0.480 e. The van der Waals surface area contributed by atoms with Gasteiger partial charge in [0.2, 0.25) is 15.9 Å². The first-order valence-corrected chi connectivity index (χ1v) is 13.2. The summed E-state index contributed by atoms with van der Waals surface area (Å²) in [5.41, 5.74) is 0.867. The molecule has 10 nitrogen and oxygen atoms in total. The first kappa shape index (κ1) is 26.5. The van der Waals surface area contributed by atoms with Crippen LogP contribution in [0.4, 0.5) is 4.79 Å². The highest BCUT2D eigenvalue weighted by molar-refractivity contribution is 8.02. The van der Waals surface area contributed by atoms with Crippen molar-refractivity contribution in [3.8, 4) is 0 Å². The molecule has 1 heterocycles. The van der Waals surface area contributed by atoms with Crippen molar-refractivity contribution in [3.05, 3.63) is 66.2 Å².